The summed E-state index contributed by atoms with van der Waals surface area (Å²) in [6, 6.07) is 4.81. The number of rotatable bonds is 3. The normalized spacial score (nSPS) is 20.9. The monoisotopic (exact) mass is 278 g/mol. The Labute approximate surface area is 118 Å². The number of ether oxygens (including phenoxy) is 1. The Kier molecular flexibility index (Phi) is 4.81. The van der Waals surface area contributed by atoms with Gasteiger partial charge in [0.15, 0.2) is 0 Å². The van der Waals surface area contributed by atoms with Crippen molar-refractivity contribution < 1.29 is 9.13 Å². The van der Waals surface area contributed by atoms with Crippen LogP contribution in [0, 0.1) is 5.82 Å². The van der Waals surface area contributed by atoms with Crippen molar-refractivity contribution in [1.29, 1.82) is 0 Å². The Balaban J connectivity index is 2.07. The van der Waals surface area contributed by atoms with Crippen LogP contribution in [0.3, 0.4) is 0 Å². The molecule has 5 nitrogen and oxygen atoms in total. The number of aliphatic imine (C=N–C) groups is 2. The average Bonchev–Trinajstić information content (AvgIpc) is 2.42. The maximum Gasteiger partial charge on any atom is 0.219 e. The van der Waals surface area contributed by atoms with Crippen molar-refractivity contribution in [3.8, 4) is 0 Å². The topological polar surface area (TPSA) is 63.2 Å². The Morgan fingerprint density at radius 2 is 2.40 bits per heavy atom. The van der Waals surface area contributed by atoms with Gasteiger partial charge in [-0.25, -0.2) is 14.4 Å². The SMILES string of the molecule is C=NC(N)=Nc1ccc(CN2CCO[C@@H](C)C2)c(F)c1. The zero-order chi connectivity index (χ0) is 14.5. The summed E-state index contributed by atoms with van der Waals surface area (Å²) >= 11 is 0. The highest BCUT2D eigenvalue weighted by Crippen LogP contribution is 2.19. The molecule has 20 heavy (non-hydrogen) atoms. The van der Waals surface area contributed by atoms with E-state index >= 15 is 0 Å². The smallest absolute Gasteiger partial charge is 0.219 e. The van der Waals surface area contributed by atoms with E-state index in [0.717, 1.165) is 13.1 Å². The first kappa shape index (κ1) is 14.6. The van der Waals surface area contributed by atoms with Crippen LogP contribution in [0.5, 0.6) is 0 Å². The molecule has 1 saturated heterocycles. The molecule has 0 radical (unpaired) electrons. The van der Waals surface area contributed by atoms with Crippen molar-refractivity contribution in [1.82, 2.24) is 4.90 Å². The third kappa shape index (κ3) is 3.85. The highest BCUT2D eigenvalue weighted by Gasteiger charge is 2.17. The molecule has 6 heteroatoms. The highest BCUT2D eigenvalue weighted by atomic mass is 19.1. The molecule has 1 heterocycles. The predicted molar refractivity (Wildman–Crippen MR) is 77.9 cm³/mol. The second kappa shape index (κ2) is 6.58. The maximum atomic E-state index is 14.0. The van der Waals surface area contributed by atoms with E-state index in [2.05, 4.69) is 21.6 Å². The van der Waals surface area contributed by atoms with Gasteiger partial charge in [0, 0.05) is 25.2 Å². The lowest BCUT2D eigenvalue weighted by molar-refractivity contribution is -0.0215. The average molecular weight is 278 g/mol. The van der Waals surface area contributed by atoms with Gasteiger partial charge in [-0.3, -0.25) is 4.90 Å². The zero-order valence-electron chi connectivity index (χ0n) is 11.6. The summed E-state index contributed by atoms with van der Waals surface area (Å²) in [4.78, 5) is 9.58. The summed E-state index contributed by atoms with van der Waals surface area (Å²) in [5, 5.41) is 0. The number of halogens is 1. The van der Waals surface area contributed by atoms with E-state index in [-0.39, 0.29) is 17.9 Å². The molecule has 1 aliphatic heterocycles. The van der Waals surface area contributed by atoms with Gasteiger partial charge < -0.3 is 10.5 Å². The van der Waals surface area contributed by atoms with Gasteiger partial charge in [-0.1, -0.05) is 6.07 Å². The molecule has 0 aliphatic carbocycles. The van der Waals surface area contributed by atoms with Crippen LogP contribution < -0.4 is 5.73 Å². The van der Waals surface area contributed by atoms with E-state index in [9.17, 15) is 4.39 Å². The van der Waals surface area contributed by atoms with E-state index in [1.54, 1.807) is 12.1 Å². The number of hydrogen-bond donors (Lipinski definition) is 1. The molecule has 0 spiro atoms. The van der Waals surface area contributed by atoms with Crippen molar-refractivity contribution in [2.24, 2.45) is 15.7 Å². The number of hydrogen-bond acceptors (Lipinski definition) is 3. The lowest BCUT2D eigenvalue weighted by atomic mass is 10.1. The molecule has 2 rings (SSSR count). The maximum absolute atomic E-state index is 14.0. The molecule has 1 atom stereocenters. The van der Waals surface area contributed by atoms with Crippen LogP contribution in [-0.4, -0.2) is 43.4 Å². The van der Waals surface area contributed by atoms with Gasteiger partial charge in [-0.2, -0.15) is 0 Å². The molecule has 108 valence electrons. The van der Waals surface area contributed by atoms with Crippen molar-refractivity contribution in [2.45, 2.75) is 19.6 Å². The van der Waals surface area contributed by atoms with E-state index in [4.69, 9.17) is 10.5 Å². The van der Waals surface area contributed by atoms with Crippen LogP contribution in [0.4, 0.5) is 10.1 Å². The Morgan fingerprint density at radius 1 is 1.60 bits per heavy atom. The van der Waals surface area contributed by atoms with Crippen LogP contribution in [-0.2, 0) is 11.3 Å². The van der Waals surface area contributed by atoms with Gasteiger partial charge in [0.1, 0.15) is 5.82 Å². The number of morpholine rings is 1. The fourth-order valence-electron chi connectivity index (χ4n) is 2.18. The van der Waals surface area contributed by atoms with E-state index in [0.29, 0.717) is 24.4 Å². The Bertz CT molecular complexity index is 518. The second-order valence-electron chi connectivity index (χ2n) is 4.82. The van der Waals surface area contributed by atoms with Crippen molar-refractivity contribution >= 4 is 18.4 Å². The summed E-state index contributed by atoms with van der Waals surface area (Å²) in [7, 11) is 0. The number of nitrogens with zero attached hydrogens (tertiary/aromatic N) is 3. The molecule has 0 aromatic heterocycles. The summed E-state index contributed by atoms with van der Waals surface area (Å²) in [6.45, 7) is 8.17. The fourth-order valence-corrected chi connectivity index (χ4v) is 2.18. The molecule has 0 saturated carbocycles. The van der Waals surface area contributed by atoms with E-state index in [1.807, 2.05) is 6.92 Å². The molecule has 0 amide bonds. The van der Waals surface area contributed by atoms with Gasteiger partial charge in [0.25, 0.3) is 0 Å². The molecule has 1 fully saturated rings. The molecular weight excluding hydrogens is 259 g/mol. The van der Waals surface area contributed by atoms with E-state index in [1.165, 1.54) is 6.07 Å². The first-order chi connectivity index (χ1) is 9.58. The van der Waals surface area contributed by atoms with Gasteiger partial charge in [-0.15, -0.1) is 0 Å². The van der Waals surface area contributed by atoms with Gasteiger partial charge in [0.2, 0.25) is 5.96 Å². The van der Waals surface area contributed by atoms with Crippen LogP contribution in [0.1, 0.15) is 12.5 Å². The second-order valence-corrected chi connectivity index (χ2v) is 4.82. The first-order valence-corrected chi connectivity index (χ1v) is 6.51. The van der Waals surface area contributed by atoms with Crippen LogP contribution in [0.25, 0.3) is 0 Å². The third-order valence-corrected chi connectivity index (χ3v) is 3.16. The number of nitrogens with two attached hydrogens (primary N) is 1. The molecular formula is C14H19FN4O. The molecule has 2 N–H and O–H groups in total. The van der Waals surface area contributed by atoms with Crippen molar-refractivity contribution in [3.05, 3.63) is 29.6 Å². The molecule has 0 bridgehead atoms. The lowest BCUT2D eigenvalue weighted by Crippen LogP contribution is -2.40. The minimum Gasteiger partial charge on any atom is -0.376 e. The Morgan fingerprint density at radius 3 is 3.05 bits per heavy atom. The molecule has 0 unspecified atom stereocenters. The third-order valence-electron chi connectivity index (χ3n) is 3.16. The van der Waals surface area contributed by atoms with Crippen LogP contribution in [0.2, 0.25) is 0 Å². The van der Waals surface area contributed by atoms with Gasteiger partial charge >= 0.3 is 0 Å². The summed E-state index contributed by atoms with van der Waals surface area (Å²) in [5.41, 5.74) is 6.51. The fraction of sp³-hybridized carbons (Fsp3) is 0.429. The lowest BCUT2D eigenvalue weighted by Gasteiger charge is -2.31. The molecule has 1 aromatic carbocycles. The van der Waals surface area contributed by atoms with Gasteiger partial charge in [0.05, 0.1) is 18.4 Å². The van der Waals surface area contributed by atoms with E-state index < -0.39 is 0 Å². The Hall–Kier alpha value is -1.79. The standard InChI is InChI=1S/C14H19FN4O/c1-10-8-19(5-6-20-10)9-11-3-4-12(7-13(11)15)18-14(16)17-2/h3-4,7,10H,2,5-6,8-9H2,1H3,(H2,16,18)/t10-/m0/s1. The zero-order valence-corrected chi connectivity index (χ0v) is 11.6. The van der Waals surface area contributed by atoms with Crippen molar-refractivity contribution in [2.75, 3.05) is 19.7 Å². The van der Waals surface area contributed by atoms with Crippen LogP contribution in [0.15, 0.2) is 28.2 Å². The summed E-state index contributed by atoms with van der Waals surface area (Å²) < 4.78 is 19.5. The molecule has 1 aromatic rings. The number of benzene rings is 1. The van der Waals surface area contributed by atoms with Gasteiger partial charge in [-0.05, 0) is 25.8 Å². The first-order valence-electron chi connectivity index (χ1n) is 6.51. The minimum atomic E-state index is -0.290. The van der Waals surface area contributed by atoms with Crippen LogP contribution >= 0.6 is 0 Å². The predicted octanol–water partition coefficient (Wildman–Crippen LogP) is 1.69. The number of guanidine groups is 1. The summed E-state index contributed by atoms with van der Waals surface area (Å²) in [5.74, 6) is -0.263. The van der Waals surface area contributed by atoms with Crippen molar-refractivity contribution in [3.63, 3.8) is 0 Å². The minimum absolute atomic E-state index is 0.0270. The summed E-state index contributed by atoms with van der Waals surface area (Å²) in [6.07, 6.45) is 0.189. The highest BCUT2D eigenvalue weighted by molar-refractivity contribution is 5.84. The quantitative estimate of drug-likeness (QED) is 0.676. The molecule has 1 aliphatic rings. The largest absolute Gasteiger partial charge is 0.376 e.